The van der Waals surface area contributed by atoms with Crippen molar-refractivity contribution < 1.29 is 19.7 Å². The van der Waals surface area contributed by atoms with Crippen molar-refractivity contribution in [2.24, 2.45) is 0 Å². The lowest BCUT2D eigenvalue weighted by atomic mass is 10.0. The highest BCUT2D eigenvalue weighted by Gasteiger charge is 2.46. The number of rotatable bonds is 5. The number of carbonyl (C=O) groups is 1. The number of likely N-dealkylation sites (tertiary alicyclic amines) is 1. The van der Waals surface area contributed by atoms with Crippen LogP contribution in [0.1, 0.15) is 23.2 Å². The molecular formula is C17H24N2O4. The van der Waals surface area contributed by atoms with Gasteiger partial charge in [0.1, 0.15) is 12.2 Å². The zero-order chi connectivity index (χ0) is 16.2. The second-order valence-corrected chi connectivity index (χ2v) is 6.20. The van der Waals surface area contributed by atoms with Gasteiger partial charge in [-0.15, -0.1) is 0 Å². The maximum atomic E-state index is 12.2. The summed E-state index contributed by atoms with van der Waals surface area (Å²) in [6.45, 7) is 1.95. The third-order valence-electron chi connectivity index (χ3n) is 4.70. The summed E-state index contributed by atoms with van der Waals surface area (Å²) >= 11 is 0. The Balaban J connectivity index is 1.63. The van der Waals surface area contributed by atoms with Crippen LogP contribution in [0.5, 0.6) is 0 Å². The molecule has 6 heteroatoms. The van der Waals surface area contributed by atoms with E-state index in [0.29, 0.717) is 12.1 Å². The summed E-state index contributed by atoms with van der Waals surface area (Å²) in [5, 5.41) is 22.7. The molecule has 2 heterocycles. The minimum absolute atomic E-state index is 0.156. The largest absolute Gasteiger partial charge is 0.394 e. The fourth-order valence-corrected chi connectivity index (χ4v) is 3.52. The number of amides is 1. The number of hydrogen-bond donors (Lipinski definition) is 3. The van der Waals surface area contributed by atoms with E-state index in [-0.39, 0.29) is 24.7 Å². The summed E-state index contributed by atoms with van der Waals surface area (Å²) in [4.78, 5) is 14.4. The van der Waals surface area contributed by atoms with Gasteiger partial charge in [-0.2, -0.15) is 0 Å². The smallest absolute Gasteiger partial charge is 0.251 e. The molecular weight excluding hydrogens is 296 g/mol. The van der Waals surface area contributed by atoms with E-state index in [1.807, 2.05) is 18.2 Å². The first-order chi connectivity index (χ1) is 11.2. The van der Waals surface area contributed by atoms with Crippen molar-refractivity contribution in [3.05, 3.63) is 35.9 Å². The number of aliphatic hydroxyl groups is 2. The SMILES string of the molecule is O=C(NC[C@H]1O[C@@H](CO)[C@@H](O)[C@H]1N1CCCC1)c1ccccc1. The summed E-state index contributed by atoms with van der Waals surface area (Å²) < 4.78 is 5.78. The van der Waals surface area contributed by atoms with Gasteiger partial charge in [0.2, 0.25) is 0 Å². The van der Waals surface area contributed by atoms with E-state index in [4.69, 9.17) is 4.74 Å². The van der Waals surface area contributed by atoms with Crippen molar-refractivity contribution in [3.8, 4) is 0 Å². The molecule has 0 bridgehead atoms. The summed E-state index contributed by atoms with van der Waals surface area (Å²) in [7, 11) is 0. The van der Waals surface area contributed by atoms with Gasteiger partial charge in [-0.25, -0.2) is 0 Å². The van der Waals surface area contributed by atoms with Gasteiger partial charge in [-0.05, 0) is 38.1 Å². The monoisotopic (exact) mass is 320 g/mol. The highest BCUT2D eigenvalue weighted by molar-refractivity contribution is 5.94. The Labute approximate surface area is 136 Å². The summed E-state index contributed by atoms with van der Waals surface area (Å²) in [6.07, 6.45) is 0.593. The van der Waals surface area contributed by atoms with Crippen LogP contribution >= 0.6 is 0 Å². The molecule has 2 saturated heterocycles. The Morgan fingerprint density at radius 1 is 1.22 bits per heavy atom. The van der Waals surface area contributed by atoms with Crippen LogP contribution in [0, 0.1) is 0 Å². The highest BCUT2D eigenvalue weighted by Crippen LogP contribution is 2.28. The van der Waals surface area contributed by atoms with Crippen LogP contribution in [0.2, 0.25) is 0 Å². The number of hydrogen-bond acceptors (Lipinski definition) is 5. The number of aliphatic hydroxyl groups excluding tert-OH is 2. The maximum Gasteiger partial charge on any atom is 0.251 e. The Kier molecular flexibility index (Phi) is 5.27. The van der Waals surface area contributed by atoms with Gasteiger partial charge in [0.25, 0.3) is 5.91 Å². The van der Waals surface area contributed by atoms with Crippen LogP contribution in [0.25, 0.3) is 0 Å². The Morgan fingerprint density at radius 2 is 1.91 bits per heavy atom. The molecule has 0 aromatic heterocycles. The summed E-state index contributed by atoms with van der Waals surface area (Å²) in [5.74, 6) is -0.156. The second-order valence-electron chi connectivity index (χ2n) is 6.20. The number of benzene rings is 1. The van der Waals surface area contributed by atoms with Gasteiger partial charge in [-0.3, -0.25) is 9.69 Å². The minimum atomic E-state index is -0.725. The van der Waals surface area contributed by atoms with E-state index in [1.54, 1.807) is 12.1 Å². The van der Waals surface area contributed by atoms with Gasteiger partial charge in [0, 0.05) is 12.1 Å². The van der Waals surface area contributed by atoms with Gasteiger partial charge in [0.05, 0.1) is 18.8 Å². The lowest BCUT2D eigenvalue weighted by molar-refractivity contribution is -0.0209. The second kappa shape index (κ2) is 7.40. The topological polar surface area (TPSA) is 82.0 Å². The van der Waals surface area contributed by atoms with E-state index < -0.39 is 12.2 Å². The fourth-order valence-electron chi connectivity index (χ4n) is 3.52. The lowest BCUT2D eigenvalue weighted by Gasteiger charge is -2.30. The van der Waals surface area contributed by atoms with E-state index in [9.17, 15) is 15.0 Å². The first-order valence-corrected chi connectivity index (χ1v) is 8.22. The first kappa shape index (κ1) is 16.4. The molecule has 2 fully saturated rings. The van der Waals surface area contributed by atoms with Crippen molar-refractivity contribution in [2.75, 3.05) is 26.2 Å². The average Bonchev–Trinajstić information content (AvgIpc) is 3.20. The van der Waals surface area contributed by atoms with Crippen molar-refractivity contribution in [1.29, 1.82) is 0 Å². The highest BCUT2D eigenvalue weighted by atomic mass is 16.5. The molecule has 1 aromatic rings. The van der Waals surface area contributed by atoms with E-state index in [2.05, 4.69) is 10.2 Å². The van der Waals surface area contributed by atoms with Gasteiger partial charge >= 0.3 is 0 Å². The number of ether oxygens (including phenoxy) is 1. The zero-order valence-electron chi connectivity index (χ0n) is 13.1. The van der Waals surface area contributed by atoms with E-state index >= 15 is 0 Å². The maximum absolute atomic E-state index is 12.2. The molecule has 0 spiro atoms. The molecule has 0 unspecified atom stereocenters. The number of carbonyl (C=O) groups excluding carboxylic acids is 1. The van der Waals surface area contributed by atoms with Gasteiger partial charge in [0.15, 0.2) is 0 Å². The van der Waals surface area contributed by atoms with Crippen LogP contribution in [0.15, 0.2) is 30.3 Å². The van der Waals surface area contributed by atoms with Crippen molar-refractivity contribution in [1.82, 2.24) is 10.2 Å². The van der Waals surface area contributed by atoms with Crippen LogP contribution in [-0.2, 0) is 4.74 Å². The molecule has 1 aromatic carbocycles. The molecule has 6 nitrogen and oxygen atoms in total. The molecule has 0 saturated carbocycles. The third-order valence-corrected chi connectivity index (χ3v) is 4.70. The molecule has 126 valence electrons. The molecule has 2 aliphatic rings. The first-order valence-electron chi connectivity index (χ1n) is 8.22. The Morgan fingerprint density at radius 3 is 2.57 bits per heavy atom. The number of nitrogens with zero attached hydrogens (tertiary/aromatic N) is 1. The molecule has 4 atom stereocenters. The predicted molar refractivity (Wildman–Crippen MR) is 85.1 cm³/mol. The standard InChI is InChI=1S/C17H24N2O4/c20-11-14-16(21)15(19-8-4-5-9-19)13(23-14)10-18-17(22)12-6-2-1-3-7-12/h1-3,6-7,13-16,20-21H,4-5,8-11H2,(H,18,22)/t13-,14+,15+,16-/m1/s1. The molecule has 1 amide bonds. The van der Waals surface area contributed by atoms with Crippen LogP contribution in [0.4, 0.5) is 0 Å². The molecule has 0 aliphatic carbocycles. The summed E-state index contributed by atoms with van der Waals surface area (Å²) in [6, 6.07) is 8.84. The zero-order valence-corrected chi connectivity index (χ0v) is 13.1. The van der Waals surface area contributed by atoms with Crippen LogP contribution < -0.4 is 5.32 Å². The molecule has 2 aliphatic heterocycles. The number of nitrogens with one attached hydrogen (secondary N) is 1. The molecule has 0 radical (unpaired) electrons. The lowest BCUT2D eigenvalue weighted by Crippen LogP contribution is -2.50. The van der Waals surface area contributed by atoms with Gasteiger partial charge in [-0.1, -0.05) is 18.2 Å². The molecule has 3 rings (SSSR count). The predicted octanol–water partition coefficient (Wildman–Crippen LogP) is 0.00140. The Hall–Kier alpha value is -1.47. The molecule has 3 N–H and O–H groups in total. The molecule has 23 heavy (non-hydrogen) atoms. The van der Waals surface area contributed by atoms with Gasteiger partial charge < -0.3 is 20.3 Å². The van der Waals surface area contributed by atoms with Crippen LogP contribution in [-0.4, -0.2) is 71.6 Å². The third kappa shape index (κ3) is 3.55. The average molecular weight is 320 g/mol. The van der Waals surface area contributed by atoms with Crippen LogP contribution in [0.3, 0.4) is 0 Å². The van der Waals surface area contributed by atoms with E-state index in [0.717, 1.165) is 25.9 Å². The van der Waals surface area contributed by atoms with E-state index in [1.165, 1.54) is 0 Å². The normalized spacial score (nSPS) is 31.4. The summed E-state index contributed by atoms with van der Waals surface area (Å²) in [5.41, 5.74) is 0.600. The minimum Gasteiger partial charge on any atom is -0.394 e. The van der Waals surface area contributed by atoms with Crippen molar-refractivity contribution in [3.63, 3.8) is 0 Å². The fraction of sp³-hybridized carbons (Fsp3) is 0.588. The van der Waals surface area contributed by atoms with Crippen molar-refractivity contribution >= 4 is 5.91 Å². The quantitative estimate of drug-likeness (QED) is 0.711. The van der Waals surface area contributed by atoms with Crippen molar-refractivity contribution in [2.45, 2.75) is 37.2 Å². The Bertz CT molecular complexity index is 519.